The Bertz CT molecular complexity index is 581. The van der Waals surface area contributed by atoms with E-state index in [0.717, 1.165) is 12.1 Å². The van der Waals surface area contributed by atoms with Crippen molar-refractivity contribution in [2.75, 3.05) is 13.7 Å². The molecule has 5 nitrogen and oxygen atoms in total. The summed E-state index contributed by atoms with van der Waals surface area (Å²) < 4.78 is 14.0. The normalized spacial score (nSPS) is 11.7. The average Bonchev–Trinajstić information content (AvgIpc) is 2.43. The molecule has 1 aromatic carbocycles. The van der Waals surface area contributed by atoms with Gasteiger partial charge in [0.25, 0.3) is 5.91 Å². The lowest BCUT2D eigenvalue weighted by atomic mass is 10.0. The standard InChI is InChI=1S/C15H18FNO4/c1-15(2,9-18)17(3)14(21)11-6-4-10(8-12(11)16)5-7-13(19)20/h4-8,18H,9H2,1-3H3,(H,19,20)/b7-5+. The molecule has 114 valence electrons. The summed E-state index contributed by atoms with van der Waals surface area (Å²) in [4.78, 5) is 23.9. The number of amides is 1. The van der Waals surface area contributed by atoms with Crippen LogP contribution >= 0.6 is 0 Å². The lowest BCUT2D eigenvalue weighted by molar-refractivity contribution is -0.131. The maximum atomic E-state index is 14.0. The van der Waals surface area contributed by atoms with E-state index in [9.17, 15) is 19.1 Å². The quantitative estimate of drug-likeness (QED) is 0.812. The third-order valence-corrected chi connectivity index (χ3v) is 3.24. The number of likely N-dealkylation sites (N-methyl/N-ethyl adjacent to an activating group) is 1. The highest BCUT2D eigenvalue weighted by Gasteiger charge is 2.28. The summed E-state index contributed by atoms with van der Waals surface area (Å²) in [7, 11) is 1.48. The molecule has 1 amide bonds. The van der Waals surface area contributed by atoms with Gasteiger partial charge in [0.2, 0.25) is 0 Å². The fraction of sp³-hybridized carbons (Fsp3) is 0.333. The summed E-state index contributed by atoms with van der Waals surface area (Å²) >= 11 is 0. The second kappa shape index (κ2) is 6.49. The number of carbonyl (C=O) groups is 2. The second-order valence-corrected chi connectivity index (χ2v) is 5.25. The highest BCUT2D eigenvalue weighted by Crippen LogP contribution is 2.18. The molecule has 0 aliphatic heterocycles. The number of aliphatic hydroxyl groups excluding tert-OH is 1. The Morgan fingerprint density at radius 1 is 1.38 bits per heavy atom. The van der Waals surface area contributed by atoms with E-state index < -0.39 is 23.2 Å². The van der Waals surface area contributed by atoms with Crippen LogP contribution in [0.2, 0.25) is 0 Å². The first kappa shape index (κ1) is 16.8. The van der Waals surface area contributed by atoms with Crippen LogP contribution in [0, 0.1) is 5.82 Å². The molecule has 0 atom stereocenters. The van der Waals surface area contributed by atoms with Gasteiger partial charge in [-0.3, -0.25) is 4.79 Å². The molecule has 1 aromatic rings. The third-order valence-electron chi connectivity index (χ3n) is 3.24. The second-order valence-electron chi connectivity index (χ2n) is 5.25. The van der Waals surface area contributed by atoms with Crippen LogP contribution in [0.4, 0.5) is 4.39 Å². The summed E-state index contributed by atoms with van der Waals surface area (Å²) in [5.41, 5.74) is -0.604. The van der Waals surface area contributed by atoms with E-state index >= 15 is 0 Å². The zero-order valence-electron chi connectivity index (χ0n) is 12.1. The molecule has 1 rings (SSSR count). The maximum Gasteiger partial charge on any atom is 0.328 e. The molecule has 0 aliphatic carbocycles. The summed E-state index contributed by atoms with van der Waals surface area (Å²) in [6.07, 6.45) is 2.12. The van der Waals surface area contributed by atoms with Gasteiger partial charge in [0.15, 0.2) is 0 Å². The Morgan fingerprint density at radius 2 is 2.00 bits per heavy atom. The van der Waals surface area contributed by atoms with Gasteiger partial charge in [-0.2, -0.15) is 0 Å². The first-order valence-electron chi connectivity index (χ1n) is 6.28. The van der Waals surface area contributed by atoms with Gasteiger partial charge < -0.3 is 15.1 Å². The molecule has 0 radical (unpaired) electrons. The molecule has 21 heavy (non-hydrogen) atoms. The van der Waals surface area contributed by atoms with E-state index in [0.29, 0.717) is 5.56 Å². The lowest BCUT2D eigenvalue weighted by Gasteiger charge is -2.34. The van der Waals surface area contributed by atoms with Crippen molar-refractivity contribution in [2.24, 2.45) is 0 Å². The van der Waals surface area contributed by atoms with Crippen molar-refractivity contribution in [1.29, 1.82) is 0 Å². The highest BCUT2D eigenvalue weighted by molar-refractivity contribution is 5.95. The van der Waals surface area contributed by atoms with Crippen LogP contribution in [0.5, 0.6) is 0 Å². The van der Waals surface area contributed by atoms with Crippen LogP contribution in [0.1, 0.15) is 29.8 Å². The highest BCUT2D eigenvalue weighted by atomic mass is 19.1. The number of carbonyl (C=O) groups excluding carboxylic acids is 1. The first-order chi connectivity index (χ1) is 9.69. The minimum absolute atomic E-state index is 0.133. The third kappa shape index (κ3) is 4.13. The van der Waals surface area contributed by atoms with Crippen LogP contribution < -0.4 is 0 Å². The lowest BCUT2D eigenvalue weighted by Crippen LogP contribution is -2.47. The van der Waals surface area contributed by atoms with Gasteiger partial charge in [-0.15, -0.1) is 0 Å². The summed E-state index contributed by atoms with van der Waals surface area (Å²) in [5, 5.41) is 17.8. The number of hydrogen-bond acceptors (Lipinski definition) is 3. The maximum absolute atomic E-state index is 14.0. The number of rotatable bonds is 5. The largest absolute Gasteiger partial charge is 0.478 e. The van der Waals surface area contributed by atoms with Crippen molar-refractivity contribution < 1.29 is 24.2 Å². The Kier molecular flexibility index (Phi) is 5.21. The molecule has 0 spiro atoms. The fourth-order valence-electron chi connectivity index (χ4n) is 1.54. The molecule has 0 unspecified atom stereocenters. The SMILES string of the molecule is CN(C(=O)c1ccc(/C=C/C(=O)O)cc1F)C(C)(C)CO. The van der Waals surface area contributed by atoms with Crippen molar-refractivity contribution in [3.05, 3.63) is 41.2 Å². The summed E-state index contributed by atoms with van der Waals surface area (Å²) in [6, 6.07) is 3.84. The molecule has 6 heteroatoms. The minimum atomic E-state index is -1.14. The van der Waals surface area contributed by atoms with Crippen molar-refractivity contribution in [3.63, 3.8) is 0 Å². The molecule has 2 N–H and O–H groups in total. The molecule has 0 saturated carbocycles. The Morgan fingerprint density at radius 3 is 2.48 bits per heavy atom. The van der Waals surface area contributed by atoms with E-state index in [4.69, 9.17) is 5.11 Å². The van der Waals surface area contributed by atoms with E-state index in [2.05, 4.69) is 0 Å². The van der Waals surface area contributed by atoms with Crippen molar-refractivity contribution in [1.82, 2.24) is 4.90 Å². The van der Waals surface area contributed by atoms with Crippen LogP contribution in [0.25, 0.3) is 6.08 Å². The molecule has 0 bridgehead atoms. The Balaban J connectivity index is 3.05. The van der Waals surface area contributed by atoms with E-state index in [1.807, 2.05) is 0 Å². The fourth-order valence-corrected chi connectivity index (χ4v) is 1.54. The van der Waals surface area contributed by atoms with E-state index in [-0.39, 0.29) is 12.2 Å². The minimum Gasteiger partial charge on any atom is -0.478 e. The smallest absolute Gasteiger partial charge is 0.328 e. The number of aliphatic hydroxyl groups is 1. The molecular formula is C15H18FNO4. The zero-order chi connectivity index (χ0) is 16.2. The van der Waals surface area contributed by atoms with Gasteiger partial charge in [0.05, 0.1) is 17.7 Å². The molecule has 0 saturated heterocycles. The van der Waals surface area contributed by atoms with Gasteiger partial charge in [0.1, 0.15) is 5.82 Å². The van der Waals surface area contributed by atoms with Crippen LogP contribution in [0.15, 0.2) is 24.3 Å². The first-order valence-corrected chi connectivity index (χ1v) is 6.28. The Labute approximate surface area is 122 Å². The van der Waals surface area contributed by atoms with Crippen LogP contribution in [0.3, 0.4) is 0 Å². The monoisotopic (exact) mass is 295 g/mol. The number of benzene rings is 1. The van der Waals surface area contributed by atoms with Gasteiger partial charge in [-0.25, -0.2) is 9.18 Å². The summed E-state index contributed by atoms with van der Waals surface area (Å²) in [5.74, 6) is -2.44. The molecular weight excluding hydrogens is 277 g/mol. The number of aliphatic carboxylic acids is 1. The summed E-state index contributed by atoms with van der Waals surface area (Å²) in [6.45, 7) is 3.07. The van der Waals surface area contributed by atoms with E-state index in [1.165, 1.54) is 30.2 Å². The van der Waals surface area contributed by atoms with Gasteiger partial charge in [-0.1, -0.05) is 6.07 Å². The van der Waals surface area contributed by atoms with Crippen LogP contribution in [-0.4, -0.2) is 46.2 Å². The van der Waals surface area contributed by atoms with Gasteiger partial charge in [-0.05, 0) is 37.6 Å². The molecule has 0 fully saturated rings. The molecule has 0 aromatic heterocycles. The predicted molar refractivity (Wildman–Crippen MR) is 76.3 cm³/mol. The number of carboxylic acids is 1. The number of nitrogens with zero attached hydrogens (tertiary/aromatic N) is 1. The van der Waals surface area contributed by atoms with Crippen molar-refractivity contribution >= 4 is 18.0 Å². The molecule has 0 aliphatic rings. The number of hydrogen-bond donors (Lipinski definition) is 2. The number of halogens is 1. The predicted octanol–water partition coefficient (Wildman–Crippen LogP) is 1.77. The number of carboxylic acid groups (broad SMARTS) is 1. The Hall–Kier alpha value is -2.21. The molecule has 0 heterocycles. The van der Waals surface area contributed by atoms with E-state index in [1.54, 1.807) is 13.8 Å². The zero-order valence-corrected chi connectivity index (χ0v) is 12.1. The van der Waals surface area contributed by atoms with Crippen LogP contribution in [-0.2, 0) is 4.79 Å². The van der Waals surface area contributed by atoms with Crippen molar-refractivity contribution in [3.8, 4) is 0 Å². The average molecular weight is 295 g/mol. The van der Waals surface area contributed by atoms with Crippen molar-refractivity contribution in [2.45, 2.75) is 19.4 Å². The topological polar surface area (TPSA) is 77.8 Å². The van der Waals surface area contributed by atoms with Gasteiger partial charge in [0, 0.05) is 13.1 Å². The van der Waals surface area contributed by atoms with Gasteiger partial charge >= 0.3 is 5.97 Å².